The van der Waals surface area contributed by atoms with Crippen LogP contribution in [0.1, 0.15) is 82.0 Å². The fraction of sp³-hybridized carbons (Fsp3) is 0.514. The number of carbonyl (C=O) groups excluding carboxylic acids is 2. The molecule has 230 valence electrons. The molecule has 0 aliphatic carbocycles. The second-order valence-corrected chi connectivity index (χ2v) is 13.3. The van der Waals surface area contributed by atoms with Crippen LogP contribution < -0.4 is 16.0 Å². The Balaban J connectivity index is 1.38. The first kappa shape index (κ1) is 31.0. The minimum atomic E-state index is -0.356. The summed E-state index contributed by atoms with van der Waals surface area (Å²) >= 11 is 0. The van der Waals surface area contributed by atoms with Crippen molar-refractivity contribution in [1.82, 2.24) is 20.0 Å². The van der Waals surface area contributed by atoms with Gasteiger partial charge in [0.1, 0.15) is 11.6 Å². The van der Waals surface area contributed by atoms with Crippen molar-refractivity contribution < 1.29 is 9.59 Å². The molecule has 8 nitrogen and oxygen atoms in total. The highest BCUT2D eigenvalue weighted by molar-refractivity contribution is 6.01. The van der Waals surface area contributed by atoms with Crippen LogP contribution in [-0.2, 0) is 10.2 Å². The second kappa shape index (κ2) is 13.9. The first-order valence-corrected chi connectivity index (χ1v) is 16.0. The standard InChI is InChI=1S/C35H48N6O2/c1-25-12-14-27(15-13-25)41-32(24-31(39-41)35(2,3)4)38-34(43)37-29-11-7-6-10-28(29)33(26-16-19-36-20-17-26)30(42)18-23-40-21-8-5-9-22-40/h6-7,10-15,24,26,33,36H,5,8-9,16-23H2,1-4H3,(H2,37,38,43). The van der Waals surface area contributed by atoms with Crippen LogP contribution in [0.4, 0.5) is 16.3 Å². The van der Waals surface area contributed by atoms with Crippen molar-refractivity contribution in [3.8, 4) is 5.69 Å². The largest absolute Gasteiger partial charge is 0.324 e. The van der Waals surface area contributed by atoms with Gasteiger partial charge in [-0.3, -0.25) is 10.1 Å². The van der Waals surface area contributed by atoms with Gasteiger partial charge in [0.2, 0.25) is 0 Å². The normalized spacial score (nSPS) is 17.4. The maximum absolute atomic E-state index is 13.9. The van der Waals surface area contributed by atoms with Gasteiger partial charge in [-0.2, -0.15) is 5.10 Å². The van der Waals surface area contributed by atoms with Gasteiger partial charge < -0.3 is 15.5 Å². The van der Waals surface area contributed by atoms with E-state index < -0.39 is 0 Å². The fourth-order valence-electron chi connectivity index (χ4n) is 6.35. The number of hydrogen-bond acceptors (Lipinski definition) is 5. The number of rotatable bonds is 9. The molecular weight excluding hydrogens is 536 g/mol. The molecule has 2 saturated heterocycles. The van der Waals surface area contributed by atoms with Gasteiger partial charge in [-0.25, -0.2) is 9.48 Å². The Morgan fingerprint density at radius 2 is 1.67 bits per heavy atom. The molecule has 3 N–H and O–H groups in total. The van der Waals surface area contributed by atoms with Gasteiger partial charge in [0, 0.05) is 36.1 Å². The minimum Gasteiger partial charge on any atom is -0.317 e. The maximum atomic E-state index is 13.9. The summed E-state index contributed by atoms with van der Waals surface area (Å²) in [7, 11) is 0. The third-order valence-electron chi connectivity index (χ3n) is 8.87. The Morgan fingerprint density at radius 1 is 0.977 bits per heavy atom. The first-order valence-electron chi connectivity index (χ1n) is 16.0. The number of Topliss-reactive ketones (excluding diaryl/α,β-unsaturated/α-hetero) is 1. The van der Waals surface area contributed by atoms with E-state index in [0.717, 1.165) is 68.1 Å². The van der Waals surface area contributed by atoms with Crippen molar-refractivity contribution in [3.05, 3.63) is 71.4 Å². The first-order chi connectivity index (χ1) is 20.7. The summed E-state index contributed by atoms with van der Waals surface area (Å²) in [6.07, 6.45) is 6.16. The Kier molecular flexibility index (Phi) is 9.98. The van der Waals surface area contributed by atoms with Crippen LogP contribution in [0.15, 0.2) is 54.6 Å². The number of piperidine rings is 2. The molecule has 1 atom stereocenters. The van der Waals surface area contributed by atoms with Gasteiger partial charge in [-0.1, -0.05) is 63.1 Å². The molecule has 0 spiro atoms. The Morgan fingerprint density at radius 3 is 2.37 bits per heavy atom. The molecule has 0 saturated carbocycles. The molecule has 43 heavy (non-hydrogen) atoms. The Bertz CT molecular complexity index is 1380. The van der Waals surface area contributed by atoms with E-state index in [2.05, 4.69) is 41.6 Å². The summed E-state index contributed by atoms with van der Waals surface area (Å²) in [4.78, 5) is 29.9. The number of nitrogens with zero attached hydrogens (tertiary/aromatic N) is 3. The third-order valence-corrected chi connectivity index (χ3v) is 8.87. The highest BCUT2D eigenvalue weighted by Crippen LogP contribution is 2.37. The average Bonchev–Trinajstić information content (AvgIpc) is 3.43. The van der Waals surface area contributed by atoms with Gasteiger partial charge in [0.25, 0.3) is 0 Å². The van der Waals surface area contributed by atoms with Crippen molar-refractivity contribution in [3.63, 3.8) is 0 Å². The molecule has 1 aromatic heterocycles. The van der Waals surface area contributed by atoms with E-state index in [1.165, 1.54) is 19.3 Å². The van der Waals surface area contributed by atoms with Crippen LogP contribution in [0.5, 0.6) is 0 Å². The number of anilines is 2. The zero-order valence-electron chi connectivity index (χ0n) is 26.3. The van der Waals surface area contributed by atoms with E-state index in [9.17, 15) is 9.59 Å². The fourth-order valence-corrected chi connectivity index (χ4v) is 6.35. The number of ketones is 1. The number of para-hydroxylation sites is 1. The minimum absolute atomic E-state index is 0.188. The Labute approximate surface area is 256 Å². The molecule has 2 aliphatic heterocycles. The lowest BCUT2D eigenvalue weighted by Crippen LogP contribution is -2.36. The van der Waals surface area contributed by atoms with Crippen LogP contribution >= 0.6 is 0 Å². The predicted molar refractivity (Wildman–Crippen MR) is 174 cm³/mol. The summed E-state index contributed by atoms with van der Waals surface area (Å²) in [6, 6.07) is 17.5. The molecule has 0 bridgehead atoms. The average molecular weight is 585 g/mol. The van der Waals surface area contributed by atoms with E-state index in [4.69, 9.17) is 5.10 Å². The summed E-state index contributed by atoms with van der Waals surface area (Å²) in [5.41, 5.74) is 4.33. The summed E-state index contributed by atoms with van der Waals surface area (Å²) < 4.78 is 1.79. The number of benzene rings is 2. The van der Waals surface area contributed by atoms with Crippen LogP contribution in [-0.4, -0.2) is 59.2 Å². The lowest BCUT2D eigenvalue weighted by atomic mass is 9.76. The van der Waals surface area contributed by atoms with E-state index in [1.54, 1.807) is 4.68 Å². The molecule has 8 heteroatoms. The quantitative estimate of drug-likeness (QED) is 0.262. The number of hydrogen-bond donors (Lipinski definition) is 3. The van der Waals surface area contributed by atoms with Crippen molar-refractivity contribution in [1.29, 1.82) is 0 Å². The third kappa shape index (κ3) is 7.92. The highest BCUT2D eigenvalue weighted by Gasteiger charge is 2.33. The lowest BCUT2D eigenvalue weighted by molar-refractivity contribution is -0.122. The molecule has 3 aromatic rings. The van der Waals surface area contributed by atoms with Crippen molar-refractivity contribution >= 4 is 23.3 Å². The SMILES string of the molecule is Cc1ccc(-n2nc(C(C)(C)C)cc2NC(=O)Nc2ccccc2C(C(=O)CCN2CCCCC2)C2CCNCC2)cc1. The lowest BCUT2D eigenvalue weighted by Gasteiger charge is -2.32. The van der Waals surface area contributed by atoms with Crippen LogP contribution in [0.2, 0.25) is 0 Å². The molecule has 2 amide bonds. The zero-order chi connectivity index (χ0) is 30.4. The topological polar surface area (TPSA) is 91.3 Å². The predicted octanol–water partition coefficient (Wildman–Crippen LogP) is 6.65. The zero-order valence-corrected chi connectivity index (χ0v) is 26.3. The number of nitrogens with one attached hydrogen (secondary N) is 3. The molecule has 3 heterocycles. The number of aromatic nitrogens is 2. The number of aryl methyl sites for hydroxylation is 1. The molecular formula is C35H48N6O2. The van der Waals surface area contributed by atoms with Crippen molar-refractivity contribution in [2.45, 2.75) is 77.6 Å². The van der Waals surface area contributed by atoms with Gasteiger partial charge in [0.15, 0.2) is 0 Å². The highest BCUT2D eigenvalue weighted by atomic mass is 16.2. The monoisotopic (exact) mass is 584 g/mol. The Hall–Kier alpha value is -3.49. The van der Waals surface area contributed by atoms with Crippen LogP contribution in [0.25, 0.3) is 5.69 Å². The van der Waals surface area contributed by atoms with Crippen molar-refractivity contribution in [2.75, 3.05) is 43.4 Å². The van der Waals surface area contributed by atoms with Crippen LogP contribution in [0, 0.1) is 12.8 Å². The van der Waals surface area contributed by atoms with Crippen LogP contribution in [0.3, 0.4) is 0 Å². The van der Waals surface area contributed by atoms with Gasteiger partial charge in [0.05, 0.1) is 11.4 Å². The summed E-state index contributed by atoms with van der Waals surface area (Å²) in [5, 5.41) is 14.5. The summed E-state index contributed by atoms with van der Waals surface area (Å²) in [5.74, 6) is 0.878. The summed E-state index contributed by atoms with van der Waals surface area (Å²) in [6.45, 7) is 13.2. The number of likely N-dealkylation sites (tertiary alicyclic amines) is 1. The molecule has 2 fully saturated rings. The van der Waals surface area contributed by atoms with E-state index in [1.807, 2.05) is 61.5 Å². The number of urea groups is 1. The smallest absolute Gasteiger partial charge is 0.317 e. The van der Waals surface area contributed by atoms with E-state index in [-0.39, 0.29) is 29.1 Å². The molecule has 2 aromatic carbocycles. The number of amides is 2. The van der Waals surface area contributed by atoms with Gasteiger partial charge in [-0.05, 0) is 88.5 Å². The molecule has 0 radical (unpaired) electrons. The molecule has 2 aliphatic rings. The van der Waals surface area contributed by atoms with E-state index in [0.29, 0.717) is 17.9 Å². The maximum Gasteiger partial charge on any atom is 0.324 e. The molecule has 1 unspecified atom stereocenters. The van der Waals surface area contributed by atoms with Crippen molar-refractivity contribution in [2.24, 2.45) is 5.92 Å². The molecule has 5 rings (SSSR count). The van der Waals surface area contributed by atoms with Gasteiger partial charge >= 0.3 is 6.03 Å². The second-order valence-electron chi connectivity index (χ2n) is 13.3. The van der Waals surface area contributed by atoms with Gasteiger partial charge in [-0.15, -0.1) is 0 Å². The van der Waals surface area contributed by atoms with E-state index >= 15 is 0 Å². The number of carbonyl (C=O) groups is 2.